The fourth-order valence-electron chi connectivity index (χ4n) is 3.79. The highest BCUT2D eigenvalue weighted by atomic mass is 35.5. The van der Waals surface area contributed by atoms with Gasteiger partial charge in [0, 0.05) is 10.6 Å². The Kier molecular flexibility index (Phi) is 4.27. The molecule has 1 aliphatic heterocycles. The number of ketones is 1. The van der Waals surface area contributed by atoms with Gasteiger partial charge in [0.1, 0.15) is 5.54 Å². The number of carbonyl (C=O) groups excluding carboxylic acids is 3. The van der Waals surface area contributed by atoms with Gasteiger partial charge in [0.15, 0.2) is 5.78 Å². The van der Waals surface area contributed by atoms with E-state index < -0.39 is 17.5 Å². The molecule has 1 atom stereocenters. The van der Waals surface area contributed by atoms with Crippen molar-refractivity contribution in [3.63, 3.8) is 0 Å². The van der Waals surface area contributed by atoms with Crippen LogP contribution in [0, 0.1) is 0 Å². The molecule has 1 saturated heterocycles. The highest BCUT2D eigenvalue weighted by molar-refractivity contribution is 6.30. The van der Waals surface area contributed by atoms with E-state index in [0.29, 0.717) is 10.6 Å². The van der Waals surface area contributed by atoms with Crippen LogP contribution in [0.1, 0.15) is 40.4 Å². The standard InChI is InChI=1S/C21H19ClN2O3/c1-21(16-8-5-13-3-2-4-15(13)11-16)19(26)24(20(27)23-21)12-18(25)14-6-9-17(22)10-7-14/h5-11H,2-4,12H2,1H3,(H,23,27)/t21-/m1/s1. The number of nitrogens with one attached hydrogen (secondary N) is 1. The summed E-state index contributed by atoms with van der Waals surface area (Å²) in [7, 11) is 0. The zero-order chi connectivity index (χ0) is 19.2. The minimum absolute atomic E-state index is 0.299. The molecule has 138 valence electrons. The second-order valence-corrected chi connectivity index (χ2v) is 7.65. The summed E-state index contributed by atoms with van der Waals surface area (Å²) in [5.74, 6) is -0.721. The smallest absolute Gasteiger partial charge is 0.319 e. The first-order valence-corrected chi connectivity index (χ1v) is 9.31. The third-order valence-electron chi connectivity index (χ3n) is 5.42. The summed E-state index contributed by atoms with van der Waals surface area (Å²) in [5.41, 5.74) is 2.53. The molecule has 0 unspecified atom stereocenters. The molecule has 2 aliphatic rings. The maximum Gasteiger partial charge on any atom is 0.325 e. The Hall–Kier alpha value is -2.66. The molecular weight excluding hydrogens is 364 g/mol. The number of carbonyl (C=O) groups is 3. The average molecular weight is 383 g/mol. The van der Waals surface area contributed by atoms with Crippen molar-refractivity contribution in [3.8, 4) is 0 Å². The zero-order valence-corrected chi connectivity index (χ0v) is 15.7. The maximum atomic E-state index is 13.0. The lowest BCUT2D eigenvalue weighted by Crippen LogP contribution is -2.41. The van der Waals surface area contributed by atoms with Crippen LogP contribution in [-0.2, 0) is 23.2 Å². The minimum Gasteiger partial charge on any atom is -0.319 e. The SMILES string of the molecule is C[C@]1(c2ccc3c(c2)CCC3)NC(=O)N(CC(=O)c2ccc(Cl)cc2)C1=O. The van der Waals surface area contributed by atoms with Gasteiger partial charge in [-0.25, -0.2) is 4.79 Å². The highest BCUT2D eigenvalue weighted by Gasteiger charge is 2.49. The number of halogens is 1. The number of hydrogen-bond acceptors (Lipinski definition) is 3. The summed E-state index contributed by atoms with van der Waals surface area (Å²) < 4.78 is 0. The quantitative estimate of drug-likeness (QED) is 0.650. The molecule has 1 fully saturated rings. The molecule has 1 aliphatic carbocycles. The van der Waals surface area contributed by atoms with E-state index in [2.05, 4.69) is 5.32 Å². The Morgan fingerprint density at radius 2 is 1.81 bits per heavy atom. The van der Waals surface area contributed by atoms with Gasteiger partial charge in [0.2, 0.25) is 0 Å². The van der Waals surface area contributed by atoms with Crippen LogP contribution in [0.2, 0.25) is 5.02 Å². The van der Waals surface area contributed by atoms with Crippen molar-refractivity contribution in [3.05, 3.63) is 69.7 Å². The van der Waals surface area contributed by atoms with Gasteiger partial charge in [-0.2, -0.15) is 0 Å². The summed E-state index contributed by atoms with van der Waals surface area (Å²) in [4.78, 5) is 39.0. The van der Waals surface area contributed by atoms with E-state index in [4.69, 9.17) is 11.6 Å². The Morgan fingerprint density at radius 3 is 2.56 bits per heavy atom. The van der Waals surface area contributed by atoms with Crippen LogP contribution in [0.5, 0.6) is 0 Å². The second-order valence-electron chi connectivity index (χ2n) is 7.21. The van der Waals surface area contributed by atoms with Crippen LogP contribution in [0.4, 0.5) is 4.79 Å². The Balaban J connectivity index is 1.58. The van der Waals surface area contributed by atoms with Gasteiger partial charge in [-0.05, 0) is 67.1 Å². The number of hydrogen-bond donors (Lipinski definition) is 1. The van der Waals surface area contributed by atoms with Gasteiger partial charge in [-0.3, -0.25) is 14.5 Å². The van der Waals surface area contributed by atoms with E-state index in [1.807, 2.05) is 18.2 Å². The molecule has 0 spiro atoms. The monoisotopic (exact) mass is 382 g/mol. The van der Waals surface area contributed by atoms with E-state index in [-0.39, 0.29) is 12.3 Å². The second kappa shape index (κ2) is 6.50. The third-order valence-corrected chi connectivity index (χ3v) is 5.67. The average Bonchev–Trinajstić information content (AvgIpc) is 3.20. The largest absolute Gasteiger partial charge is 0.325 e. The summed E-state index contributed by atoms with van der Waals surface area (Å²) in [5, 5.41) is 3.29. The van der Waals surface area contributed by atoms with Crippen LogP contribution >= 0.6 is 11.6 Å². The van der Waals surface area contributed by atoms with Crippen LogP contribution < -0.4 is 5.32 Å². The molecular formula is C21H19ClN2O3. The summed E-state index contributed by atoms with van der Waals surface area (Å²) in [6, 6.07) is 11.8. The molecule has 27 heavy (non-hydrogen) atoms. The molecule has 0 saturated carbocycles. The van der Waals surface area contributed by atoms with Gasteiger partial charge < -0.3 is 5.32 Å². The topological polar surface area (TPSA) is 66.5 Å². The van der Waals surface area contributed by atoms with E-state index in [1.54, 1.807) is 31.2 Å². The van der Waals surface area contributed by atoms with Crippen molar-refractivity contribution in [2.75, 3.05) is 6.54 Å². The molecule has 1 heterocycles. The van der Waals surface area contributed by atoms with Gasteiger partial charge in [0.25, 0.3) is 5.91 Å². The first-order chi connectivity index (χ1) is 12.9. The Morgan fingerprint density at radius 1 is 1.11 bits per heavy atom. The van der Waals surface area contributed by atoms with Crippen LogP contribution in [0.15, 0.2) is 42.5 Å². The molecule has 6 heteroatoms. The van der Waals surface area contributed by atoms with Crippen molar-refractivity contribution in [1.82, 2.24) is 10.2 Å². The minimum atomic E-state index is -1.16. The number of amides is 3. The lowest BCUT2D eigenvalue weighted by Gasteiger charge is -2.23. The molecule has 2 aromatic rings. The van der Waals surface area contributed by atoms with Gasteiger partial charge in [0.05, 0.1) is 6.54 Å². The maximum absolute atomic E-state index is 13.0. The lowest BCUT2D eigenvalue weighted by atomic mass is 9.89. The molecule has 0 radical (unpaired) electrons. The highest BCUT2D eigenvalue weighted by Crippen LogP contribution is 2.32. The number of imide groups is 1. The van der Waals surface area contributed by atoms with Crippen molar-refractivity contribution < 1.29 is 14.4 Å². The van der Waals surface area contributed by atoms with E-state index in [9.17, 15) is 14.4 Å². The van der Waals surface area contributed by atoms with Crippen molar-refractivity contribution in [2.45, 2.75) is 31.7 Å². The number of urea groups is 1. The Bertz CT molecular complexity index is 954. The fraction of sp³-hybridized carbons (Fsp3) is 0.286. The number of Topliss-reactive ketones (excluding diaryl/α,β-unsaturated/α-hetero) is 1. The number of nitrogens with zero attached hydrogens (tertiary/aromatic N) is 1. The van der Waals surface area contributed by atoms with Crippen LogP contribution in [-0.4, -0.2) is 29.2 Å². The summed E-state index contributed by atoms with van der Waals surface area (Å²) in [6.45, 7) is 1.39. The molecule has 3 amide bonds. The van der Waals surface area contributed by atoms with Crippen LogP contribution in [0.3, 0.4) is 0 Å². The molecule has 2 aromatic carbocycles. The number of fused-ring (bicyclic) bond motifs is 1. The molecule has 4 rings (SSSR count). The first-order valence-electron chi connectivity index (χ1n) is 8.93. The van der Waals surface area contributed by atoms with E-state index >= 15 is 0 Å². The normalized spacial score (nSPS) is 21.3. The molecule has 0 bridgehead atoms. The molecule has 5 nitrogen and oxygen atoms in total. The van der Waals surface area contributed by atoms with Gasteiger partial charge in [-0.1, -0.05) is 29.8 Å². The predicted octanol–water partition coefficient (Wildman–Crippen LogP) is 3.48. The van der Waals surface area contributed by atoms with E-state index in [1.165, 1.54) is 11.1 Å². The Labute approximate surface area is 162 Å². The predicted molar refractivity (Wildman–Crippen MR) is 102 cm³/mol. The van der Waals surface area contributed by atoms with Crippen LogP contribution in [0.25, 0.3) is 0 Å². The van der Waals surface area contributed by atoms with Crippen molar-refractivity contribution in [2.24, 2.45) is 0 Å². The number of aryl methyl sites for hydroxylation is 2. The van der Waals surface area contributed by atoms with E-state index in [0.717, 1.165) is 29.7 Å². The third kappa shape index (κ3) is 3.02. The number of rotatable bonds is 4. The summed E-state index contributed by atoms with van der Waals surface area (Å²) in [6.07, 6.45) is 3.14. The lowest BCUT2D eigenvalue weighted by molar-refractivity contribution is -0.130. The fourth-order valence-corrected chi connectivity index (χ4v) is 3.92. The molecule has 1 N–H and O–H groups in total. The first kappa shape index (κ1) is 17.7. The zero-order valence-electron chi connectivity index (χ0n) is 14.9. The van der Waals surface area contributed by atoms with Crippen molar-refractivity contribution >= 4 is 29.3 Å². The van der Waals surface area contributed by atoms with Gasteiger partial charge >= 0.3 is 6.03 Å². The number of benzene rings is 2. The summed E-state index contributed by atoms with van der Waals surface area (Å²) >= 11 is 5.84. The van der Waals surface area contributed by atoms with Crippen molar-refractivity contribution in [1.29, 1.82) is 0 Å². The molecule has 0 aromatic heterocycles. The van der Waals surface area contributed by atoms with Gasteiger partial charge in [-0.15, -0.1) is 0 Å².